The van der Waals surface area contributed by atoms with Crippen molar-refractivity contribution in [1.29, 1.82) is 0 Å². The van der Waals surface area contributed by atoms with Crippen LogP contribution in [0.15, 0.2) is 46.0 Å². The summed E-state index contributed by atoms with van der Waals surface area (Å²) < 4.78 is 13.6. The van der Waals surface area contributed by atoms with Crippen LogP contribution in [-0.4, -0.2) is 48.1 Å². The van der Waals surface area contributed by atoms with Gasteiger partial charge in [-0.05, 0) is 64.8 Å². The van der Waals surface area contributed by atoms with Crippen molar-refractivity contribution in [3.05, 3.63) is 57.6 Å². The van der Waals surface area contributed by atoms with E-state index in [1.165, 1.54) is 68.9 Å². The molecule has 236 valence electrons. The first-order valence-corrected chi connectivity index (χ1v) is 17.4. The third kappa shape index (κ3) is 7.10. The Hall–Kier alpha value is -2.09. The van der Waals surface area contributed by atoms with Crippen molar-refractivity contribution in [2.75, 3.05) is 20.3 Å². The van der Waals surface area contributed by atoms with Crippen molar-refractivity contribution >= 4 is 21.6 Å². The minimum absolute atomic E-state index is 0.0609. The molecule has 43 heavy (non-hydrogen) atoms. The highest BCUT2D eigenvalue weighted by Crippen LogP contribution is 2.60. The average Bonchev–Trinajstić information content (AvgIpc) is 3.28. The van der Waals surface area contributed by atoms with Gasteiger partial charge in [0.15, 0.2) is 0 Å². The molecular formula is C36H51BrN2O4. The lowest BCUT2D eigenvalue weighted by molar-refractivity contribution is 0.0389. The van der Waals surface area contributed by atoms with Crippen LogP contribution in [-0.2, 0) is 23.4 Å². The number of rotatable bonds is 15. The van der Waals surface area contributed by atoms with Crippen molar-refractivity contribution < 1.29 is 19.4 Å². The molecule has 0 radical (unpaired) electrons. The van der Waals surface area contributed by atoms with Gasteiger partial charge in [0.05, 0.1) is 19.4 Å². The lowest BCUT2D eigenvalue weighted by atomic mass is 9.59. The van der Waals surface area contributed by atoms with E-state index in [0.717, 1.165) is 59.6 Å². The third-order valence-electron chi connectivity index (χ3n) is 10.1. The number of benzene rings is 2. The fourth-order valence-electron chi connectivity index (χ4n) is 7.80. The van der Waals surface area contributed by atoms with E-state index in [9.17, 15) is 5.11 Å². The molecule has 0 aromatic heterocycles. The maximum absolute atomic E-state index is 10.8. The zero-order chi connectivity index (χ0) is 30.2. The highest BCUT2D eigenvalue weighted by atomic mass is 79.9. The molecule has 0 saturated heterocycles. The number of aliphatic hydroxyl groups excluding tert-OH is 1. The van der Waals surface area contributed by atoms with Gasteiger partial charge < -0.3 is 19.4 Å². The molecule has 1 spiro atoms. The van der Waals surface area contributed by atoms with E-state index in [2.05, 4.69) is 58.0 Å². The van der Waals surface area contributed by atoms with Gasteiger partial charge in [0.2, 0.25) is 0 Å². The Bertz CT molecular complexity index is 1220. The average molecular weight is 656 g/mol. The Morgan fingerprint density at radius 2 is 1.77 bits per heavy atom. The number of nitrogens with zero attached hydrogens (tertiary/aromatic N) is 2. The number of oxime groups is 1. The standard InChI is InChI=1S/C36H51BrN2O4/c1-4-5-6-7-8-9-10-11-15-18-39-23-28-20-31(41-3)34(37)35-33(28)36(22-30(39)24-40)26(2)19-29(21-32(36)43-35)38-42-25-27-16-13-12-14-17-27/h12-14,16-17,20,26,30,32,40H,4-11,15,18-19,21-25H2,1-3H3/t26-,30+,32-,36+/m1/s1. The first-order chi connectivity index (χ1) is 21.0. The van der Waals surface area contributed by atoms with Gasteiger partial charge >= 0.3 is 0 Å². The Labute approximate surface area is 267 Å². The van der Waals surface area contributed by atoms with E-state index in [1.54, 1.807) is 7.11 Å². The predicted octanol–water partition coefficient (Wildman–Crippen LogP) is 8.56. The SMILES string of the molecule is CCCCCCCCCCCN1Cc2cc(OC)c(Br)c3c2[C@@]2(C[C@H]1CO)[C@H](C)CC(=NOCc1ccccc1)C[C@H]2O3. The van der Waals surface area contributed by atoms with Crippen molar-refractivity contribution in [3.63, 3.8) is 0 Å². The number of ether oxygens (including phenoxy) is 2. The maximum atomic E-state index is 10.8. The van der Waals surface area contributed by atoms with Gasteiger partial charge in [0.25, 0.3) is 0 Å². The van der Waals surface area contributed by atoms with E-state index in [4.69, 9.17) is 14.3 Å². The molecule has 0 unspecified atom stereocenters. The zero-order valence-electron chi connectivity index (χ0n) is 26.5. The summed E-state index contributed by atoms with van der Waals surface area (Å²) in [5.41, 5.74) is 4.55. The van der Waals surface area contributed by atoms with Gasteiger partial charge in [0.1, 0.15) is 28.7 Å². The summed E-state index contributed by atoms with van der Waals surface area (Å²) in [4.78, 5) is 8.37. The van der Waals surface area contributed by atoms with Crippen LogP contribution in [0.4, 0.5) is 0 Å². The summed E-state index contributed by atoms with van der Waals surface area (Å²) >= 11 is 3.83. The van der Waals surface area contributed by atoms with Gasteiger partial charge in [-0.15, -0.1) is 0 Å². The molecule has 1 fully saturated rings. The second kappa shape index (κ2) is 15.3. The monoisotopic (exact) mass is 654 g/mol. The molecule has 2 aromatic carbocycles. The number of hydrogen-bond donors (Lipinski definition) is 1. The van der Waals surface area contributed by atoms with Crippen LogP contribution in [0, 0.1) is 5.92 Å². The van der Waals surface area contributed by atoms with Crippen LogP contribution >= 0.6 is 15.9 Å². The Balaban J connectivity index is 1.32. The van der Waals surface area contributed by atoms with Crippen LogP contribution in [0.3, 0.4) is 0 Å². The topological polar surface area (TPSA) is 63.5 Å². The van der Waals surface area contributed by atoms with Crippen LogP contribution in [0.5, 0.6) is 11.5 Å². The zero-order valence-corrected chi connectivity index (χ0v) is 28.0. The van der Waals surface area contributed by atoms with Crippen LogP contribution in [0.25, 0.3) is 0 Å². The smallest absolute Gasteiger partial charge is 0.142 e. The van der Waals surface area contributed by atoms with Gasteiger partial charge in [-0.25, -0.2) is 0 Å². The molecule has 2 heterocycles. The predicted molar refractivity (Wildman–Crippen MR) is 177 cm³/mol. The summed E-state index contributed by atoms with van der Waals surface area (Å²) in [6, 6.07) is 12.5. The van der Waals surface area contributed by atoms with E-state index in [1.807, 2.05) is 18.2 Å². The first kappa shape index (κ1) is 32.3. The lowest BCUT2D eigenvalue weighted by Crippen LogP contribution is -2.52. The molecule has 0 bridgehead atoms. The highest BCUT2D eigenvalue weighted by Gasteiger charge is 2.59. The molecule has 3 aliphatic rings. The van der Waals surface area contributed by atoms with E-state index >= 15 is 0 Å². The Morgan fingerprint density at radius 1 is 1.05 bits per heavy atom. The molecule has 1 aliphatic carbocycles. The molecule has 5 rings (SSSR count). The molecule has 4 atom stereocenters. The van der Waals surface area contributed by atoms with Gasteiger partial charge in [-0.3, -0.25) is 4.90 Å². The van der Waals surface area contributed by atoms with E-state index in [0.29, 0.717) is 6.61 Å². The normalized spacial score (nSPS) is 25.6. The number of halogens is 1. The van der Waals surface area contributed by atoms with Gasteiger partial charge in [0, 0.05) is 30.0 Å². The second-order valence-corrected chi connectivity index (χ2v) is 13.8. The molecule has 6 nitrogen and oxygen atoms in total. The van der Waals surface area contributed by atoms with E-state index < -0.39 is 0 Å². The quantitative estimate of drug-likeness (QED) is 0.154. The minimum atomic E-state index is -0.196. The number of aliphatic hydroxyl groups is 1. The lowest BCUT2D eigenvalue weighted by Gasteiger charge is -2.45. The fourth-order valence-corrected chi connectivity index (χ4v) is 8.37. The first-order valence-electron chi connectivity index (χ1n) is 16.6. The Morgan fingerprint density at radius 3 is 2.47 bits per heavy atom. The molecule has 7 heteroatoms. The summed E-state index contributed by atoms with van der Waals surface area (Å²) in [5.74, 6) is 2.01. The number of unbranched alkanes of at least 4 members (excludes halogenated alkanes) is 8. The highest BCUT2D eigenvalue weighted by molar-refractivity contribution is 9.10. The van der Waals surface area contributed by atoms with Gasteiger partial charge in [-0.2, -0.15) is 0 Å². The van der Waals surface area contributed by atoms with Crippen LogP contribution in [0.2, 0.25) is 0 Å². The summed E-state index contributed by atoms with van der Waals surface area (Å²) in [7, 11) is 1.72. The third-order valence-corrected chi connectivity index (χ3v) is 10.9. The molecule has 1 saturated carbocycles. The molecular weight excluding hydrogens is 604 g/mol. The summed E-state index contributed by atoms with van der Waals surface area (Å²) in [6.07, 6.45) is 14.2. The summed E-state index contributed by atoms with van der Waals surface area (Å²) in [6.45, 7) is 7.04. The molecule has 1 N–H and O–H groups in total. The van der Waals surface area contributed by atoms with Crippen molar-refractivity contribution in [1.82, 2.24) is 4.90 Å². The van der Waals surface area contributed by atoms with Gasteiger partial charge in [-0.1, -0.05) is 101 Å². The van der Waals surface area contributed by atoms with Crippen molar-refractivity contribution in [2.45, 2.75) is 122 Å². The largest absolute Gasteiger partial charge is 0.495 e. The summed E-state index contributed by atoms with van der Waals surface area (Å²) in [5, 5.41) is 15.4. The number of hydrogen-bond acceptors (Lipinski definition) is 6. The van der Waals surface area contributed by atoms with E-state index in [-0.39, 0.29) is 30.1 Å². The molecule has 0 amide bonds. The molecule has 2 aromatic rings. The second-order valence-electron chi connectivity index (χ2n) is 13.0. The fraction of sp³-hybridized carbons (Fsp3) is 0.639. The van der Waals surface area contributed by atoms with Crippen LogP contribution in [0.1, 0.15) is 108 Å². The minimum Gasteiger partial charge on any atom is -0.495 e. The molecule has 2 aliphatic heterocycles. The maximum Gasteiger partial charge on any atom is 0.142 e. The van der Waals surface area contributed by atoms with Crippen molar-refractivity contribution in [2.24, 2.45) is 11.1 Å². The Kier molecular flexibility index (Phi) is 11.5. The van der Waals surface area contributed by atoms with Crippen LogP contribution < -0.4 is 9.47 Å². The van der Waals surface area contributed by atoms with Crippen molar-refractivity contribution in [3.8, 4) is 11.5 Å². The number of methoxy groups -OCH3 is 1.